The Morgan fingerprint density at radius 1 is 1.07 bits per heavy atom. The molecule has 0 fully saturated rings. The summed E-state index contributed by atoms with van der Waals surface area (Å²) in [5, 5.41) is 6.44. The molecule has 4 aromatic rings. The summed E-state index contributed by atoms with van der Waals surface area (Å²) < 4.78 is 7.32. The molecule has 2 aliphatic rings. The molecule has 9 heteroatoms. The number of rotatable bonds is 5. The van der Waals surface area contributed by atoms with Crippen LogP contribution in [0.3, 0.4) is 0 Å². The van der Waals surface area contributed by atoms with Gasteiger partial charge in [-0.1, -0.05) is 43.7 Å². The molecule has 0 unspecified atom stereocenters. The summed E-state index contributed by atoms with van der Waals surface area (Å²) >= 11 is 7.44. The number of halogens is 1. The Balaban J connectivity index is 1.58. The van der Waals surface area contributed by atoms with E-state index in [1.165, 1.54) is 11.3 Å². The Morgan fingerprint density at radius 2 is 1.88 bits per heavy atom. The predicted octanol–water partition coefficient (Wildman–Crippen LogP) is 6.22. The molecule has 3 aromatic heterocycles. The highest BCUT2D eigenvalue weighted by atomic mass is 35.5. The van der Waals surface area contributed by atoms with E-state index < -0.39 is 0 Å². The lowest BCUT2D eigenvalue weighted by atomic mass is 9.75. The number of nitrogens with one attached hydrogen (secondary N) is 1. The summed E-state index contributed by atoms with van der Waals surface area (Å²) in [6.45, 7) is 5.77. The molecule has 204 valence electrons. The Kier molecular flexibility index (Phi) is 6.94. The fourth-order valence-electron chi connectivity index (χ4n) is 5.49. The van der Waals surface area contributed by atoms with Crippen LogP contribution in [0.4, 0.5) is 0 Å². The summed E-state index contributed by atoms with van der Waals surface area (Å²) in [6, 6.07) is 11.1. The van der Waals surface area contributed by atoms with Gasteiger partial charge in [0.2, 0.25) is 5.88 Å². The number of carbonyl (C=O) groups is 1. The van der Waals surface area contributed by atoms with E-state index in [1.807, 2.05) is 35.7 Å². The van der Waals surface area contributed by atoms with E-state index in [0.717, 1.165) is 41.9 Å². The fourth-order valence-corrected chi connectivity index (χ4v) is 6.45. The van der Waals surface area contributed by atoms with Crippen LogP contribution in [-0.2, 0) is 6.42 Å². The fraction of sp³-hybridized carbons (Fsp3) is 0.290. The molecule has 1 aromatic carbocycles. The number of aromatic nitrogens is 3. The molecular weight excluding hydrogens is 544 g/mol. The maximum Gasteiger partial charge on any atom is 0.265 e. The molecule has 1 aliphatic carbocycles. The number of fused-ring (bicyclic) bond motifs is 1. The summed E-state index contributed by atoms with van der Waals surface area (Å²) in [7, 11) is 1.55. The molecule has 0 saturated heterocycles. The van der Waals surface area contributed by atoms with Gasteiger partial charge in [-0.3, -0.25) is 14.2 Å². The highest BCUT2D eigenvalue weighted by molar-refractivity contribution is 7.13. The molecular formula is C31H29ClN4O3S. The minimum atomic E-state index is -0.293. The number of benzene rings is 1. The number of nitrogens with zero attached hydrogens (tertiary/aromatic N) is 3. The standard InChI is InChI=1S/C31H29ClN4O3S/c1-31(2)14-26-22(27(37)15-31)13-23(29-35-24(17-40-29)19-4-6-21(32)7-5-19)30(38)36(26)25-12-20(16-34-28(25)39-3)18-8-10-33-11-9-18/h4-8,12-13,16-17,33H,9-11,14-15H2,1-3H3. The van der Waals surface area contributed by atoms with E-state index in [4.69, 9.17) is 21.3 Å². The van der Waals surface area contributed by atoms with Crippen LogP contribution >= 0.6 is 22.9 Å². The normalized spacial score (nSPS) is 16.4. The van der Waals surface area contributed by atoms with Crippen LogP contribution in [0.1, 0.15) is 48.3 Å². The van der Waals surface area contributed by atoms with Crippen molar-refractivity contribution in [2.24, 2.45) is 5.41 Å². The van der Waals surface area contributed by atoms with Gasteiger partial charge in [0.1, 0.15) is 10.7 Å². The van der Waals surface area contributed by atoms with Crippen LogP contribution < -0.4 is 15.6 Å². The highest BCUT2D eigenvalue weighted by Gasteiger charge is 2.35. The van der Waals surface area contributed by atoms with E-state index >= 15 is 0 Å². The summed E-state index contributed by atoms with van der Waals surface area (Å²) in [5.74, 6) is 0.344. The quantitative estimate of drug-likeness (QED) is 0.306. The minimum absolute atomic E-state index is 0.0138. The maximum absolute atomic E-state index is 14.4. The van der Waals surface area contributed by atoms with Gasteiger partial charge >= 0.3 is 0 Å². The number of pyridine rings is 2. The Hall–Kier alpha value is -3.59. The van der Waals surface area contributed by atoms with Gasteiger partial charge in [0.15, 0.2) is 5.78 Å². The number of ketones is 1. The second-order valence-electron chi connectivity index (χ2n) is 11.0. The smallest absolute Gasteiger partial charge is 0.265 e. The van der Waals surface area contributed by atoms with Crippen LogP contribution in [0, 0.1) is 5.41 Å². The first-order valence-corrected chi connectivity index (χ1v) is 14.5. The summed E-state index contributed by atoms with van der Waals surface area (Å²) in [4.78, 5) is 37.3. The third-order valence-corrected chi connectivity index (χ3v) is 8.59. The number of hydrogen-bond acceptors (Lipinski definition) is 7. The average Bonchev–Trinajstić information content (AvgIpc) is 3.43. The van der Waals surface area contributed by atoms with Crippen molar-refractivity contribution in [3.05, 3.63) is 86.2 Å². The molecule has 0 spiro atoms. The number of hydrogen-bond donors (Lipinski definition) is 1. The third kappa shape index (κ3) is 4.91. The summed E-state index contributed by atoms with van der Waals surface area (Å²) in [6.07, 6.45) is 5.76. The first-order chi connectivity index (χ1) is 19.2. The van der Waals surface area contributed by atoms with Gasteiger partial charge in [-0.25, -0.2) is 9.97 Å². The molecule has 1 N–H and O–H groups in total. The van der Waals surface area contributed by atoms with Crippen molar-refractivity contribution in [1.82, 2.24) is 19.9 Å². The summed E-state index contributed by atoms with van der Waals surface area (Å²) in [5.41, 5.74) is 5.33. The van der Waals surface area contributed by atoms with Crippen molar-refractivity contribution >= 4 is 34.3 Å². The van der Waals surface area contributed by atoms with E-state index in [-0.39, 0.29) is 16.8 Å². The van der Waals surface area contributed by atoms with E-state index in [0.29, 0.717) is 51.3 Å². The number of thiazole rings is 1. The van der Waals surface area contributed by atoms with Gasteiger partial charge in [0.25, 0.3) is 5.56 Å². The zero-order valence-corrected chi connectivity index (χ0v) is 24.2. The van der Waals surface area contributed by atoms with E-state index in [2.05, 4.69) is 30.2 Å². The van der Waals surface area contributed by atoms with Crippen molar-refractivity contribution in [2.75, 3.05) is 20.2 Å². The van der Waals surface area contributed by atoms with Gasteiger partial charge in [0, 0.05) is 46.4 Å². The third-order valence-electron chi connectivity index (χ3n) is 7.46. The first kappa shape index (κ1) is 26.6. The Bertz CT molecular complexity index is 1720. The van der Waals surface area contributed by atoms with Crippen LogP contribution in [0.25, 0.3) is 33.1 Å². The van der Waals surface area contributed by atoms with Crippen LogP contribution in [0.2, 0.25) is 5.02 Å². The number of ether oxygens (including phenoxy) is 1. The molecule has 7 nitrogen and oxygen atoms in total. The highest BCUT2D eigenvalue weighted by Crippen LogP contribution is 2.38. The number of Topliss-reactive ketones (excluding diaryl/α,β-unsaturated/α-hetero) is 1. The Morgan fingerprint density at radius 3 is 2.60 bits per heavy atom. The van der Waals surface area contributed by atoms with E-state index in [1.54, 1.807) is 23.9 Å². The molecule has 0 saturated carbocycles. The van der Waals surface area contributed by atoms with Gasteiger partial charge in [-0.2, -0.15) is 0 Å². The monoisotopic (exact) mass is 572 g/mol. The molecule has 4 heterocycles. The molecule has 1 aliphatic heterocycles. The first-order valence-electron chi connectivity index (χ1n) is 13.2. The van der Waals surface area contributed by atoms with E-state index in [9.17, 15) is 9.59 Å². The lowest BCUT2D eigenvalue weighted by molar-refractivity contribution is 0.0909. The second-order valence-corrected chi connectivity index (χ2v) is 12.3. The van der Waals surface area contributed by atoms with Crippen molar-refractivity contribution < 1.29 is 9.53 Å². The van der Waals surface area contributed by atoms with Crippen molar-refractivity contribution in [1.29, 1.82) is 0 Å². The van der Waals surface area contributed by atoms with Crippen molar-refractivity contribution in [3.8, 4) is 33.4 Å². The molecule has 0 amide bonds. The zero-order valence-electron chi connectivity index (χ0n) is 22.6. The maximum atomic E-state index is 14.4. The molecule has 0 radical (unpaired) electrons. The van der Waals surface area contributed by atoms with Crippen LogP contribution in [-0.4, -0.2) is 40.5 Å². The van der Waals surface area contributed by atoms with Crippen molar-refractivity contribution in [3.63, 3.8) is 0 Å². The Labute approximate surface area is 241 Å². The average molecular weight is 573 g/mol. The lowest BCUT2D eigenvalue weighted by Gasteiger charge is -2.32. The SMILES string of the molecule is COc1ncc(C2=CCNCC2)cc1-n1c2c(cc(-c3nc(-c4ccc(Cl)cc4)cs3)c1=O)C(=O)CC(C)(C)C2. The zero-order chi connectivity index (χ0) is 28.0. The molecule has 40 heavy (non-hydrogen) atoms. The van der Waals surface area contributed by atoms with Gasteiger partial charge in [0.05, 0.1) is 18.4 Å². The molecule has 6 rings (SSSR count). The number of methoxy groups -OCH3 is 1. The molecule has 0 bridgehead atoms. The minimum Gasteiger partial charge on any atom is -0.479 e. The van der Waals surface area contributed by atoms with Gasteiger partial charge in [-0.15, -0.1) is 11.3 Å². The van der Waals surface area contributed by atoms with Crippen LogP contribution in [0.5, 0.6) is 5.88 Å². The van der Waals surface area contributed by atoms with Crippen molar-refractivity contribution in [2.45, 2.75) is 33.1 Å². The largest absolute Gasteiger partial charge is 0.479 e. The second kappa shape index (κ2) is 10.4. The topological polar surface area (TPSA) is 86.1 Å². The van der Waals surface area contributed by atoms with Crippen LogP contribution in [0.15, 0.2) is 58.8 Å². The van der Waals surface area contributed by atoms with Gasteiger partial charge in [-0.05, 0) is 60.2 Å². The number of carbonyl (C=O) groups excluding carboxylic acids is 1. The lowest BCUT2D eigenvalue weighted by Crippen LogP contribution is -2.35. The van der Waals surface area contributed by atoms with Gasteiger partial charge < -0.3 is 10.1 Å². The predicted molar refractivity (Wildman–Crippen MR) is 160 cm³/mol. The molecule has 0 atom stereocenters.